The summed E-state index contributed by atoms with van der Waals surface area (Å²) in [4.78, 5) is 3.67. The van der Waals surface area contributed by atoms with E-state index in [-0.39, 0.29) is 0 Å². The number of rotatable bonds is 0. The van der Waals surface area contributed by atoms with Gasteiger partial charge in [-0.3, -0.25) is 22.9 Å². The summed E-state index contributed by atoms with van der Waals surface area (Å²) in [6.45, 7) is 0. The number of hydrogen-bond donors (Lipinski definition) is 6. The first-order chi connectivity index (χ1) is 4.86. The monoisotopic (exact) mass is 159 g/mol. The molecule has 11 N–H and O–H groups in total. The van der Waals surface area contributed by atoms with Crippen molar-refractivity contribution in [1.82, 2.24) is 5.32 Å². The van der Waals surface area contributed by atoms with Crippen LogP contribution in [0, 0.1) is 0 Å². The van der Waals surface area contributed by atoms with Gasteiger partial charge in [-0.15, -0.1) is 0 Å². The van der Waals surface area contributed by atoms with Crippen LogP contribution in [0.2, 0.25) is 0 Å². The van der Waals surface area contributed by atoms with Gasteiger partial charge in [0.2, 0.25) is 0 Å². The summed E-state index contributed by atoms with van der Waals surface area (Å²) in [5.41, 5.74) is 27.4. The predicted molar refractivity (Wildman–Crippen MR) is 41.8 cm³/mol. The summed E-state index contributed by atoms with van der Waals surface area (Å²) in [6.07, 6.45) is 1.25. The average molecular weight is 159 g/mol. The molecule has 11 heavy (non-hydrogen) atoms. The molecule has 1 aliphatic heterocycles. The van der Waals surface area contributed by atoms with Gasteiger partial charge in [0.15, 0.2) is 11.6 Å². The van der Waals surface area contributed by atoms with Crippen molar-refractivity contribution in [1.29, 1.82) is 0 Å². The number of aliphatic imine (C=N–C) groups is 1. The molecule has 0 bridgehead atoms. The zero-order valence-corrected chi connectivity index (χ0v) is 5.99. The summed E-state index contributed by atoms with van der Waals surface area (Å²) in [5.74, 6) is -2.69. The van der Waals surface area contributed by atoms with Crippen LogP contribution < -0.4 is 34.0 Å². The topological polar surface area (TPSA) is 154 Å². The van der Waals surface area contributed by atoms with E-state index in [1.54, 1.807) is 0 Å². The molecule has 0 saturated carbocycles. The zero-order chi connectivity index (χ0) is 8.70. The van der Waals surface area contributed by atoms with E-state index in [0.29, 0.717) is 0 Å². The van der Waals surface area contributed by atoms with Gasteiger partial charge < -0.3 is 11.1 Å². The number of nitrogens with one attached hydrogen (secondary N) is 1. The van der Waals surface area contributed by atoms with Crippen molar-refractivity contribution in [2.75, 3.05) is 0 Å². The smallest absolute Gasteiger partial charge is 0.181 e. The van der Waals surface area contributed by atoms with Crippen LogP contribution in [0.5, 0.6) is 0 Å². The van der Waals surface area contributed by atoms with E-state index in [1.165, 1.54) is 6.34 Å². The van der Waals surface area contributed by atoms with Gasteiger partial charge in [0.1, 0.15) is 6.04 Å². The first kappa shape index (κ1) is 8.37. The Bertz CT molecular complexity index is 183. The van der Waals surface area contributed by atoms with Crippen molar-refractivity contribution < 1.29 is 0 Å². The summed E-state index contributed by atoms with van der Waals surface area (Å²) < 4.78 is 0. The van der Waals surface area contributed by atoms with Crippen LogP contribution in [0.15, 0.2) is 4.99 Å². The Balaban J connectivity index is 2.91. The van der Waals surface area contributed by atoms with Crippen LogP contribution in [-0.2, 0) is 0 Å². The van der Waals surface area contributed by atoms with Crippen molar-refractivity contribution in [3.63, 3.8) is 0 Å². The van der Waals surface area contributed by atoms with Gasteiger partial charge in [0.25, 0.3) is 0 Å². The Labute approximate surface area is 64.0 Å². The lowest BCUT2D eigenvalue weighted by Crippen LogP contribution is -2.82. The molecule has 64 valence electrons. The van der Waals surface area contributed by atoms with Gasteiger partial charge >= 0.3 is 0 Å². The fourth-order valence-corrected chi connectivity index (χ4v) is 0.809. The molecule has 1 rings (SSSR count). The van der Waals surface area contributed by atoms with E-state index in [9.17, 15) is 0 Å². The maximum Gasteiger partial charge on any atom is 0.181 e. The van der Waals surface area contributed by atoms with E-state index >= 15 is 0 Å². The van der Waals surface area contributed by atoms with Crippen LogP contribution in [0.4, 0.5) is 0 Å². The molecule has 0 spiro atoms. The third-order valence-electron chi connectivity index (χ3n) is 1.62. The molecule has 7 nitrogen and oxygen atoms in total. The third kappa shape index (κ3) is 1.32. The summed E-state index contributed by atoms with van der Waals surface area (Å²) in [6, 6.07) is -0.833. The first-order valence-corrected chi connectivity index (χ1v) is 3.09. The zero-order valence-electron chi connectivity index (χ0n) is 5.99. The third-order valence-corrected chi connectivity index (χ3v) is 1.62. The fourth-order valence-electron chi connectivity index (χ4n) is 0.809. The highest BCUT2D eigenvalue weighted by Gasteiger charge is 2.42. The van der Waals surface area contributed by atoms with Gasteiger partial charge in [-0.25, -0.2) is 4.99 Å². The molecular weight excluding hydrogens is 146 g/mol. The van der Waals surface area contributed by atoms with Crippen molar-refractivity contribution in [2.45, 2.75) is 17.6 Å². The quantitative estimate of drug-likeness (QED) is 0.198. The molecule has 0 aliphatic carbocycles. The Morgan fingerprint density at radius 3 is 2.18 bits per heavy atom. The average Bonchev–Trinajstić information content (AvgIpc) is 1.82. The van der Waals surface area contributed by atoms with Crippen LogP contribution in [0.3, 0.4) is 0 Å². The van der Waals surface area contributed by atoms with Crippen LogP contribution in [0.1, 0.15) is 0 Å². The molecule has 0 fully saturated rings. The maximum atomic E-state index is 5.51. The van der Waals surface area contributed by atoms with Crippen molar-refractivity contribution in [3.8, 4) is 0 Å². The number of nitrogens with two attached hydrogens (primary N) is 5. The molecule has 7 heteroatoms. The second-order valence-electron chi connectivity index (χ2n) is 2.70. The van der Waals surface area contributed by atoms with Gasteiger partial charge in [-0.1, -0.05) is 0 Å². The molecule has 0 radical (unpaired) electrons. The van der Waals surface area contributed by atoms with E-state index in [0.717, 1.165) is 0 Å². The van der Waals surface area contributed by atoms with Crippen LogP contribution in [0.25, 0.3) is 0 Å². The molecule has 0 aromatic carbocycles. The predicted octanol–water partition coefficient (Wildman–Crippen LogP) is -3.91. The Hall–Kier alpha value is -0.730. The normalized spacial score (nSPS) is 33.0. The van der Waals surface area contributed by atoms with Gasteiger partial charge in [0.05, 0.1) is 6.34 Å². The van der Waals surface area contributed by atoms with E-state index < -0.39 is 17.6 Å². The second kappa shape index (κ2) is 2.13. The molecule has 1 aliphatic rings. The van der Waals surface area contributed by atoms with E-state index in [4.69, 9.17) is 28.7 Å². The Morgan fingerprint density at radius 1 is 1.27 bits per heavy atom. The Kier molecular flexibility index (Phi) is 1.62. The van der Waals surface area contributed by atoms with Crippen molar-refractivity contribution in [2.24, 2.45) is 33.7 Å². The molecule has 0 saturated heterocycles. The highest BCUT2D eigenvalue weighted by molar-refractivity contribution is 5.58. The highest BCUT2D eigenvalue weighted by Crippen LogP contribution is 2.08. The van der Waals surface area contributed by atoms with E-state index in [2.05, 4.69) is 10.3 Å². The molecule has 1 atom stereocenters. The number of nitrogens with zero attached hydrogens (tertiary/aromatic N) is 1. The van der Waals surface area contributed by atoms with Gasteiger partial charge in [-0.2, -0.15) is 0 Å². The Morgan fingerprint density at radius 2 is 1.82 bits per heavy atom. The largest absolute Gasteiger partial charge is 0.345 e. The summed E-state index contributed by atoms with van der Waals surface area (Å²) in [5, 5.41) is 2.54. The summed E-state index contributed by atoms with van der Waals surface area (Å²) in [7, 11) is 0. The lowest BCUT2D eigenvalue weighted by atomic mass is 10.0. The van der Waals surface area contributed by atoms with Crippen LogP contribution >= 0.6 is 0 Å². The molecule has 1 heterocycles. The minimum Gasteiger partial charge on any atom is -0.345 e. The molecular formula is C4H13N7. The van der Waals surface area contributed by atoms with Gasteiger partial charge in [0, 0.05) is 0 Å². The molecule has 0 amide bonds. The lowest BCUT2D eigenvalue weighted by molar-refractivity contribution is 0.210. The standard InChI is InChI=1S/C4H13N7/c5-2-3(6,7)10-1-11-4(2,8)9/h1-2H,5-9H2,(H,10,11). The van der Waals surface area contributed by atoms with Crippen molar-refractivity contribution in [3.05, 3.63) is 0 Å². The highest BCUT2D eigenvalue weighted by atomic mass is 15.4. The van der Waals surface area contributed by atoms with Gasteiger partial charge in [-0.05, 0) is 0 Å². The van der Waals surface area contributed by atoms with E-state index in [1.807, 2.05) is 0 Å². The molecule has 0 aromatic heterocycles. The maximum absolute atomic E-state index is 5.51. The minimum atomic E-state index is -1.39. The van der Waals surface area contributed by atoms with Crippen LogP contribution in [-0.4, -0.2) is 24.0 Å². The lowest BCUT2D eigenvalue weighted by Gasteiger charge is -2.41. The first-order valence-electron chi connectivity index (χ1n) is 3.09. The number of hydrogen-bond acceptors (Lipinski definition) is 7. The fraction of sp³-hybridized carbons (Fsp3) is 0.750. The second-order valence-corrected chi connectivity index (χ2v) is 2.70. The molecule has 0 aromatic rings. The summed E-state index contributed by atoms with van der Waals surface area (Å²) >= 11 is 0. The molecule has 1 unspecified atom stereocenters. The van der Waals surface area contributed by atoms with Crippen molar-refractivity contribution >= 4 is 6.34 Å². The SMILES string of the molecule is NC1C(N)(N)N=CNC1(N)N. The minimum absolute atomic E-state index is 0.833.